The monoisotopic (exact) mass is 492 g/mol. The maximum absolute atomic E-state index is 13.5. The fourth-order valence-corrected chi connectivity index (χ4v) is 3.83. The number of nitrogens with one attached hydrogen (secondary N) is 1. The van der Waals surface area contributed by atoms with Crippen LogP contribution in [0.1, 0.15) is 45.0 Å². The van der Waals surface area contributed by atoms with Gasteiger partial charge in [0.15, 0.2) is 11.5 Å². The number of benzene rings is 1. The largest absolute Gasteiger partial charge is 0.493 e. The third-order valence-electron chi connectivity index (χ3n) is 5.63. The van der Waals surface area contributed by atoms with Crippen LogP contribution in [0.15, 0.2) is 18.2 Å². The SMILES string of the molecule is COc1ccc(C(=O)N(CC2CN(C(=O)OC(C)(C)C)CC2N)C(C)C)cc1OCCNCC=O. The molecule has 1 saturated heterocycles. The lowest BCUT2D eigenvalue weighted by Gasteiger charge is -2.31. The van der Waals surface area contributed by atoms with Crippen LogP contribution in [0.4, 0.5) is 4.79 Å². The highest BCUT2D eigenvalue weighted by atomic mass is 16.6. The van der Waals surface area contributed by atoms with Crippen molar-refractivity contribution in [3.63, 3.8) is 0 Å². The van der Waals surface area contributed by atoms with Gasteiger partial charge >= 0.3 is 6.09 Å². The van der Waals surface area contributed by atoms with Crippen LogP contribution in [-0.2, 0) is 9.53 Å². The zero-order valence-electron chi connectivity index (χ0n) is 21.7. The van der Waals surface area contributed by atoms with Crippen molar-refractivity contribution < 1.29 is 28.6 Å². The van der Waals surface area contributed by atoms with Crippen molar-refractivity contribution in [2.75, 3.05) is 46.4 Å². The van der Waals surface area contributed by atoms with Gasteiger partial charge in [-0.2, -0.15) is 0 Å². The number of nitrogens with two attached hydrogens (primary N) is 1. The fraction of sp³-hybridized carbons (Fsp3) is 0.640. The van der Waals surface area contributed by atoms with E-state index in [1.165, 1.54) is 7.11 Å². The van der Waals surface area contributed by atoms with Crippen molar-refractivity contribution in [2.24, 2.45) is 11.7 Å². The molecule has 1 aromatic carbocycles. The maximum Gasteiger partial charge on any atom is 0.410 e. The number of aldehydes is 1. The molecule has 0 radical (unpaired) electrons. The van der Waals surface area contributed by atoms with E-state index in [0.29, 0.717) is 49.8 Å². The Kier molecular flexibility index (Phi) is 10.3. The second kappa shape index (κ2) is 12.7. The van der Waals surface area contributed by atoms with E-state index in [2.05, 4.69) is 5.32 Å². The van der Waals surface area contributed by atoms with Gasteiger partial charge in [-0.05, 0) is 52.8 Å². The number of methoxy groups -OCH3 is 1. The molecule has 10 nitrogen and oxygen atoms in total. The van der Waals surface area contributed by atoms with Crippen molar-refractivity contribution >= 4 is 18.3 Å². The summed E-state index contributed by atoms with van der Waals surface area (Å²) in [6.45, 7) is 11.6. The van der Waals surface area contributed by atoms with Crippen LogP contribution in [0.25, 0.3) is 0 Å². The first-order valence-electron chi connectivity index (χ1n) is 12.0. The number of carbonyl (C=O) groups is 3. The smallest absolute Gasteiger partial charge is 0.410 e. The van der Waals surface area contributed by atoms with Crippen molar-refractivity contribution in [2.45, 2.75) is 52.3 Å². The summed E-state index contributed by atoms with van der Waals surface area (Å²) in [6.07, 6.45) is 0.390. The van der Waals surface area contributed by atoms with Gasteiger partial charge in [0.1, 0.15) is 18.5 Å². The minimum Gasteiger partial charge on any atom is -0.493 e. The molecule has 196 valence electrons. The normalized spacial score (nSPS) is 17.9. The zero-order chi connectivity index (χ0) is 26.2. The molecule has 2 rings (SSSR count). The van der Waals surface area contributed by atoms with Crippen molar-refractivity contribution in [3.8, 4) is 11.5 Å². The number of carbonyl (C=O) groups excluding carboxylic acids is 3. The summed E-state index contributed by atoms with van der Waals surface area (Å²) in [4.78, 5) is 39.8. The number of ether oxygens (including phenoxy) is 3. The van der Waals surface area contributed by atoms with E-state index in [1.807, 2.05) is 34.6 Å². The molecule has 2 atom stereocenters. The summed E-state index contributed by atoms with van der Waals surface area (Å²) in [5.41, 5.74) is 6.24. The van der Waals surface area contributed by atoms with Crippen LogP contribution in [-0.4, -0.2) is 92.2 Å². The van der Waals surface area contributed by atoms with Gasteiger partial charge in [-0.25, -0.2) is 4.79 Å². The fourth-order valence-electron chi connectivity index (χ4n) is 3.83. The molecule has 1 aliphatic heterocycles. The molecule has 1 fully saturated rings. The molecule has 0 spiro atoms. The number of hydrogen-bond acceptors (Lipinski definition) is 8. The predicted molar refractivity (Wildman–Crippen MR) is 133 cm³/mol. The Bertz CT molecular complexity index is 870. The molecule has 0 saturated carbocycles. The molecule has 1 heterocycles. The van der Waals surface area contributed by atoms with Gasteiger partial charge in [0.2, 0.25) is 0 Å². The molecule has 35 heavy (non-hydrogen) atoms. The topological polar surface area (TPSA) is 123 Å². The summed E-state index contributed by atoms with van der Waals surface area (Å²) in [6, 6.07) is 4.73. The highest BCUT2D eigenvalue weighted by molar-refractivity contribution is 5.95. The maximum atomic E-state index is 13.5. The van der Waals surface area contributed by atoms with E-state index in [0.717, 1.165) is 6.29 Å². The lowest BCUT2D eigenvalue weighted by atomic mass is 10.0. The Labute approximate surface area is 208 Å². The Morgan fingerprint density at radius 2 is 1.97 bits per heavy atom. The van der Waals surface area contributed by atoms with Gasteiger partial charge in [-0.1, -0.05) is 0 Å². The van der Waals surface area contributed by atoms with E-state index >= 15 is 0 Å². The second-order valence-corrected chi connectivity index (χ2v) is 9.95. The molecule has 0 aromatic heterocycles. The van der Waals surface area contributed by atoms with Crippen LogP contribution >= 0.6 is 0 Å². The lowest BCUT2D eigenvalue weighted by Crippen LogP contribution is -2.44. The first kappa shape index (κ1) is 28.4. The van der Waals surface area contributed by atoms with E-state index in [9.17, 15) is 14.4 Å². The Balaban J connectivity index is 2.11. The van der Waals surface area contributed by atoms with Crippen molar-refractivity contribution in [1.29, 1.82) is 0 Å². The molecule has 2 unspecified atom stereocenters. The number of hydrogen-bond donors (Lipinski definition) is 2. The summed E-state index contributed by atoms with van der Waals surface area (Å²) >= 11 is 0. The van der Waals surface area contributed by atoms with Crippen LogP contribution in [0, 0.1) is 5.92 Å². The van der Waals surface area contributed by atoms with Gasteiger partial charge in [-0.15, -0.1) is 0 Å². The number of nitrogens with zero attached hydrogens (tertiary/aromatic N) is 2. The Morgan fingerprint density at radius 1 is 1.26 bits per heavy atom. The highest BCUT2D eigenvalue weighted by Crippen LogP contribution is 2.29. The van der Waals surface area contributed by atoms with Crippen molar-refractivity contribution in [1.82, 2.24) is 15.1 Å². The van der Waals surface area contributed by atoms with Gasteiger partial charge in [-0.3, -0.25) is 4.79 Å². The van der Waals surface area contributed by atoms with Crippen LogP contribution in [0.5, 0.6) is 11.5 Å². The predicted octanol–water partition coefficient (Wildman–Crippen LogP) is 1.91. The van der Waals surface area contributed by atoms with Crippen LogP contribution in [0.2, 0.25) is 0 Å². The minimum atomic E-state index is -0.585. The molecular formula is C25H40N4O6. The Morgan fingerprint density at radius 3 is 2.57 bits per heavy atom. The van der Waals surface area contributed by atoms with E-state index < -0.39 is 11.7 Å². The van der Waals surface area contributed by atoms with Gasteiger partial charge in [0.05, 0.1) is 13.7 Å². The van der Waals surface area contributed by atoms with E-state index in [-0.39, 0.29) is 30.5 Å². The summed E-state index contributed by atoms with van der Waals surface area (Å²) < 4.78 is 16.6. The van der Waals surface area contributed by atoms with Gasteiger partial charge < -0.3 is 39.9 Å². The van der Waals surface area contributed by atoms with Gasteiger partial charge in [0, 0.05) is 49.7 Å². The van der Waals surface area contributed by atoms with E-state index in [1.54, 1.807) is 28.0 Å². The average molecular weight is 493 g/mol. The molecule has 10 heteroatoms. The standard InChI is InChI=1S/C25H40N4O6/c1-17(2)29(15-19-14-28(16-20(19)26)24(32)35-25(3,4)5)23(31)18-7-8-21(33-6)22(13-18)34-12-10-27-9-11-30/h7-8,11,13,17,19-20,27H,9-10,12,14-16,26H2,1-6H3. The highest BCUT2D eigenvalue weighted by Gasteiger charge is 2.37. The molecule has 2 amide bonds. The van der Waals surface area contributed by atoms with Crippen LogP contribution < -0.4 is 20.5 Å². The molecule has 0 bridgehead atoms. The van der Waals surface area contributed by atoms with Crippen molar-refractivity contribution in [3.05, 3.63) is 23.8 Å². The second-order valence-electron chi connectivity index (χ2n) is 9.95. The Hall–Kier alpha value is -2.85. The first-order valence-corrected chi connectivity index (χ1v) is 12.0. The minimum absolute atomic E-state index is 0.0771. The molecular weight excluding hydrogens is 452 g/mol. The average Bonchev–Trinajstić information content (AvgIpc) is 3.16. The number of rotatable bonds is 11. The van der Waals surface area contributed by atoms with Gasteiger partial charge in [0.25, 0.3) is 5.91 Å². The summed E-state index contributed by atoms with van der Waals surface area (Å²) in [7, 11) is 1.53. The first-order chi connectivity index (χ1) is 16.5. The quantitative estimate of drug-likeness (QED) is 0.355. The van der Waals surface area contributed by atoms with Crippen LogP contribution in [0.3, 0.4) is 0 Å². The molecule has 3 N–H and O–H groups in total. The van der Waals surface area contributed by atoms with E-state index in [4.69, 9.17) is 19.9 Å². The molecule has 0 aliphatic carbocycles. The lowest BCUT2D eigenvalue weighted by molar-refractivity contribution is -0.107. The summed E-state index contributed by atoms with van der Waals surface area (Å²) in [5.74, 6) is 0.726. The third-order valence-corrected chi connectivity index (χ3v) is 5.63. The number of amides is 2. The molecule has 1 aromatic rings. The third kappa shape index (κ3) is 8.40. The summed E-state index contributed by atoms with van der Waals surface area (Å²) in [5, 5.41) is 2.92. The zero-order valence-corrected chi connectivity index (χ0v) is 21.7. The molecule has 1 aliphatic rings. The number of likely N-dealkylation sites (tertiary alicyclic amines) is 1.